The third kappa shape index (κ3) is 3.38. The molecule has 0 aliphatic rings. The number of H-pyrrole nitrogens is 2. The fourth-order valence-corrected chi connectivity index (χ4v) is 3.49. The van der Waals surface area contributed by atoms with Gasteiger partial charge in [-0.15, -0.1) is 0 Å². The minimum atomic E-state index is -0.705. The Hall–Kier alpha value is -4.20. The number of rotatable bonds is 6. The highest BCUT2D eigenvalue weighted by Crippen LogP contribution is 2.32. The molecule has 0 amide bonds. The van der Waals surface area contributed by atoms with Crippen LogP contribution >= 0.6 is 0 Å². The predicted octanol–water partition coefficient (Wildman–Crippen LogP) is 4.40. The van der Waals surface area contributed by atoms with Gasteiger partial charge in [0.15, 0.2) is 17.3 Å². The summed E-state index contributed by atoms with van der Waals surface area (Å²) >= 11 is 0. The molecule has 0 bridgehead atoms. The number of ether oxygens (including phenoxy) is 2. The molecule has 3 aromatic heterocycles. The number of carbonyl (C=O) groups is 1. The van der Waals surface area contributed by atoms with E-state index in [1.165, 1.54) is 19.4 Å². The molecule has 31 heavy (non-hydrogen) atoms. The van der Waals surface area contributed by atoms with Crippen LogP contribution in [-0.4, -0.2) is 32.8 Å². The van der Waals surface area contributed by atoms with Crippen LogP contribution < -0.4 is 9.47 Å². The van der Waals surface area contributed by atoms with E-state index in [4.69, 9.17) is 9.47 Å². The number of ketones is 1. The van der Waals surface area contributed by atoms with Gasteiger partial charge in [0.05, 0.1) is 23.7 Å². The summed E-state index contributed by atoms with van der Waals surface area (Å²) in [7, 11) is 1.44. The first-order valence-electron chi connectivity index (χ1n) is 9.55. The van der Waals surface area contributed by atoms with E-state index < -0.39 is 11.6 Å². The average molecular weight is 416 g/mol. The minimum Gasteiger partial charge on any atom is -0.493 e. The van der Waals surface area contributed by atoms with Crippen LogP contribution in [0.2, 0.25) is 0 Å². The van der Waals surface area contributed by atoms with Crippen molar-refractivity contribution < 1.29 is 18.7 Å². The standard InChI is InChI=1S/C23H17FN4O3/c1-30-19-9-14(22(29)15-11-26-23-13(15)5-4-8-25-23)16(24)10-20(19)31-12-21-27-17-6-2-3-7-18(17)28-21/h2-11H,12H2,1H3,(H,25,26)(H,27,28). The van der Waals surface area contributed by atoms with Crippen LogP contribution in [0.4, 0.5) is 4.39 Å². The van der Waals surface area contributed by atoms with Gasteiger partial charge in [-0.25, -0.2) is 14.4 Å². The van der Waals surface area contributed by atoms with Crippen molar-refractivity contribution in [2.24, 2.45) is 0 Å². The molecule has 0 unspecified atom stereocenters. The first kappa shape index (κ1) is 18.8. The Labute approximate surface area is 175 Å². The number of aromatic nitrogens is 4. The smallest absolute Gasteiger partial charge is 0.198 e. The number of hydrogen-bond donors (Lipinski definition) is 2. The quantitative estimate of drug-likeness (QED) is 0.400. The molecule has 0 radical (unpaired) electrons. The van der Waals surface area contributed by atoms with Gasteiger partial charge in [-0.05, 0) is 30.3 Å². The number of methoxy groups -OCH3 is 1. The van der Waals surface area contributed by atoms with Gasteiger partial charge in [0.25, 0.3) is 0 Å². The summed E-state index contributed by atoms with van der Waals surface area (Å²) in [6.07, 6.45) is 3.14. The normalized spacial score (nSPS) is 11.2. The van der Waals surface area contributed by atoms with Crippen molar-refractivity contribution in [1.29, 1.82) is 0 Å². The van der Waals surface area contributed by atoms with Crippen molar-refractivity contribution in [3.8, 4) is 11.5 Å². The van der Waals surface area contributed by atoms with E-state index in [1.807, 2.05) is 24.3 Å². The highest BCUT2D eigenvalue weighted by atomic mass is 19.1. The van der Waals surface area contributed by atoms with Crippen molar-refractivity contribution in [3.63, 3.8) is 0 Å². The molecular weight excluding hydrogens is 399 g/mol. The highest BCUT2D eigenvalue weighted by molar-refractivity contribution is 6.16. The summed E-state index contributed by atoms with van der Waals surface area (Å²) in [5.74, 6) is -0.158. The highest BCUT2D eigenvalue weighted by Gasteiger charge is 2.21. The molecular formula is C23H17FN4O3. The summed E-state index contributed by atoms with van der Waals surface area (Å²) in [6, 6.07) is 13.6. The molecule has 5 rings (SSSR count). The van der Waals surface area contributed by atoms with Crippen LogP contribution in [0.5, 0.6) is 11.5 Å². The molecule has 5 aromatic rings. The number of carbonyl (C=O) groups excluding carboxylic acids is 1. The fraction of sp³-hybridized carbons (Fsp3) is 0.0870. The molecule has 8 heteroatoms. The zero-order valence-electron chi connectivity index (χ0n) is 16.5. The lowest BCUT2D eigenvalue weighted by Crippen LogP contribution is -2.06. The number of halogens is 1. The SMILES string of the molecule is COc1cc(C(=O)c2c[nH]c3ncccc23)c(F)cc1OCc1nc2ccccc2[nH]1. The first-order valence-corrected chi connectivity index (χ1v) is 9.55. The lowest BCUT2D eigenvalue weighted by atomic mass is 10.0. The minimum absolute atomic E-state index is 0.0892. The summed E-state index contributed by atoms with van der Waals surface area (Å²) in [6.45, 7) is 0.0892. The van der Waals surface area contributed by atoms with Crippen molar-refractivity contribution in [2.75, 3.05) is 7.11 Å². The molecule has 7 nitrogen and oxygen atoms in total. The summed E-state index contributed by atoms with van der Waals surface area (Å²) in [5, 5.41) is 0.621. The zero-order valence-corrected chi connectivity index (χ0v) is 16.5. The molecule has 2 aromatic carbocycles. The number of nitrogens with one attached hydrogen (secondary N) is 2. The van der Waals surface area contributed by atoms with Crippen LogP contribution in [0.3, 0.4) is 0 Å². The van der Waals surface area contributed by atoms with Crippen LogP contribution in [-0.2, 0) is 6.61 Å². The molecule has 0 aliphatic heterocycles. The largest absolute Gasteiger partial charge is 0.493 e. The van der Waals surface area contributed by atoms with E-state index in [0.717, 1.165) is 17.1 Å². The number of nitrogens with zero attached hydrogens (tertiary/aromatic N) is 2. The lowest BCUT2D eigenvalue weighted by molar-refractivity contribution is 0.103. The van der Waals surface area contributed by atoms with Crippen LogP contribution in [0.15, 0.2) is 60.9 Å². The summed E-state index contributed by atoms with van der Waals surface area (Å²) < 4.78 is 26.0. The number of benzene rings is 2. The fourth-order valence-electron chi connectivity index (χ4n) is 3.49. The molecule has 0 saturated heterocycles. The second-order valence-corrected chi connectivity index (χ2v) is 6.90. The summed E-state index contributed by atoms with van der Waals surface area (Å²) in [5.41, 5.74) is 2.48. The van der Waals surface area contributed by atoms with E-state index in [0.29, 0.717) is 22.4 Å². The number of imidazole rings is 1. The van der Waals surface area contributed by atoms with Gasteiger partial charge < -0.3 is 19.4 Å². The molecule has 0 aliphatic carbocycles. The van der Waals surface area contributed by atoms with Crippen LogP contribution in [0.25, 0.3) is 22.1 Å². The van der Waals surface area contributed by atoms with Crippen molar-refractivity contribution >= 4 is 27.9 Å². The van der Waals surface area contributed by atoms with Crippen LogP contribution in [0, 0.1) is 5.82 Å². The van der Waals surface area contributed by atoms with Gasteiger partial charge in [0.1, 0.15) is 23.9 Å². The van der Waals surface area contributed by atoms with Gasteiger partial charge in [-0.3, -0.25) is 4.79 Å². The van der Waals surface area contributed by atoms with E-state index >= 15 is 0 Å². The van der Waals surface area contributed by atoms with E-state index in [9.17, 15) is 9.18 Å². The zero-order chi connectivity index (χ0) is 21.4. The number of para-hydroxylation sites is 2. The predicted molar refractivity (Wildman–Crippen MR) is 113 cm³/mol. The van der Waals surface area contributed by atoms with Crippen molar-refractivity contribution in [3.05, 3.63) is 83.7 Å². The van der Waals surface area contributed by atoms with E-state index in [1.54, 1.807) is 18.3 Å². The Bertz CT molecular complexity index is 1390. The van der Waals surface area contributed by atoms with E-state index in [2.05, 4.69) is 19.9 Å². The molecule has 2 N–H and O–H groups in total. The maximum Gasteiger partial charge on any atom is 0.198 e. The third-order valence-corrected chi connectivity index (χ3v) is 5.00. The second kappa shape index (κ2) is 7.56. The van der Waals surface area contributed by atoms with E-state index in [-0.39, 0.29) is 23.7 Å². The molecule has 0 fully saturated rings. The Balaban J connectivity index is 1.44. The topological polar surface area (TPSA) is 92.9 Å². The molecule has 0 spiro atoms. The van der Waals surface area contributed by atoms with Gasteiger partial charge in [0.2, 0.25) is 0 Å². The number of hydrogen-bond acceptors (Lipinski definition) is 5. The van der Waals surface area contributed by atoms with Gasteiger partial charge in [0, 0.05) is 29.4 Å². The van der Waals surface area contributed by atoms with Gasteiger partial charge in [-0.2, -0.15) is 0 Å². The average Bonchev–Trinajstić information content (AvgIpc) is 3.41. The molecule has 0 atom stereocenters. The van der Waals surface area contributed by atoms with Crippen molar-refractivity contribution in [2.45, 2.75) is 6.61 Å². The maximum atomic E-state index is 14.9. The number of aromatic amines is 2. The number of pyridine rings is 1. The Morgan fingerprint density at radius 2 is 1.97 bits per heavy atom. The molecule has 154 valence electrons. The number of fused-ring (bicyclic) bond motifs is 2. The van der Waals surface area contributed by atoms with Crippen molar-refractivity contribution in [1.82, 2.24) is 19.9 Å². The summed E-state index contributed by atoms with van der Waals surface area (Å²) in [4.78, 5) is 27.7. The maximum absolute atomic E-state index is 14.9. The van der Waals surface area contributed by atoms with Gasteiger partial charge >= 0.3 is 0 Å². The monoisotopic (exact) mass is 416 g/mol. The van der Waals surface area contributed by atoms with Crippen LogP contribution in [0.1, 0.15) is 21.7 Å². The first-order chi connectivity index (χ1) is 15.1. The van der Waals surface area contributed by atoms with Gasteiger partial charge in [-0.1, -0.05) is 12.1 Å². The second-order valence-electron chi connectivity index (χ2n) is 6.90. The Kier molecular flexibility index (Phi) is 4.59. The Morgan fingerprint density at radius 1 is 1.10 bits per heavy atom. The lowest BCUT2D eigenvalue weighted by Gasteiger charge is -2.12. The Morgan fingerprint density at radius 3 is 2.81 bits per heavy atom. The molecule has 0 saturated carbocycles. The third-order valence-electron chi connectivity index (χ3n) is 5.00. The molecule has 3 heterocycles.